The van der Waals surface area contributed by atoms with Crippen molar-refractivity contribution in [3.63, 3.8) is 0 Å². The second-order valence-corrected chi connectivity index (χ2v) is 11.9. The van der Waals surface area contributed by atoms with Crippen LogP contribution in [0.3, 0.4) is 0 Å². The molecule has 2 aromatic rings. The van der Waals surface area contributed by atoms with Gasteiger partial charge in [-0.15, -0.1) is 0 Å². The van der Waals surface area contributed by atoms with Crippen molar-refractivity contribution >= 4 is 27.3 Å². The zero-order valence-electron chi connectivity index (χ0n) is 22.1. The van der Waals surface area contributed by atoms with Gasteiger partial charge in [0.1, 0.15) is 6.54 Å². The Labute approximate surface area is 217 Å². The first-order chi connectivity index (χ1) is 17.3. The molecule has 0 heterocycles. The summed E-state index contributed by atoms with van der Waals surface area (Å²) in [5, 5.41) is 4.45. The van der Waals surface area contributed by atoms with E-state index in [-0.39, 0.29) is 11.4 Å². The molecule has 0 bridgehead atoms. The molecule has 0 spiro atoms. The van der Waals surface area contributed by atoms with Crippen LogP contribution >= 0.6 is 0 Å². The van der Waals surface area contributed by atoms with Crippen LogP contribution in [0.15, 0.2) is 52.5 Å². The smallest absolute Gasteiger partial charge is 0.264 e. The average Bonchev–Trinajstić information content (AvgIpc) is 2.82. The minimum atomic E-state index is -3.95. The Hall–Kier alpha value is -2.67. The number of benzene rings is 2. The van der Waals surface area contributed by atoms with E-state index in [2.05, 4.69) is 10.5 Å². The van der Waals surface area contributed by atoms with E-state index < -0.39 is 15.9 Å². The molecule has 0 aliphatic heterocycles. The molecule has 0 atom stereocenters. The summed E-state index contributed by atoms with van der Waals surface area (Å²) in [6.45, 7) is 5.41. The Morgan fingerprint density at radius 2 is 1.28 bits per heavy atom. The van der Waals surface area contributed by atoms with Crippen LogP contribution in [-0.2, 0) is 14.8 Å². The first-order valence-electron chi connectivity index (χ1n) is 13.3. The van der Waals surface area contributed by atoms with Gasteiger partial charge < -0.3 is 0 Å². The van der Waals surface area contributed by atoms with Gasteiger partial charge in [-0.1, -0.05) is 68.7 Å². The van der Waals surface area contributed by atoms with E-state index in [1.165, 1.54) is 49.3 Å². The number of rotatable bonds is 6. The Morgan fingerprint density at radius 3 is 1.81 bits per heavy atom. The lowest BCUT2D eigenvalue weighted by Crippen LogP contribution is -2.40. The highest BCUT2D eigenvalue weighted by atomic mass is 32.2. The van der Waals surface area contributed by atoms with Gasteiger partial charge in [0, 0.05) is 5.71 Å². The fourth-order valence-corrected chi connectivity index (χ4v) is 6.09. The minimum absolute atomic E-state index is 0.158. The lowest BCUT2D eigenvalue weighted by molar-refractivity contribution is -0.119. The monoisotopic (exact) mass is 511 g/mol. The Morgan fingerprint density at radius 1 is 0.778 bits per heavy atom. The van der Waals surface area contributed by atoms with Crippen LogP contribution in [0.4, 0.5) is 5.69 Å². The maximum Gasteiger partial charge on any atom is 0.264 e. The number of anilines is 1. The van der Waals surface area contributed by atoms with E-state index in [1.807, 2.05) is 26.8 Å². The maximum atomic E-state index is 13.6. The second kappa shape index (κ2) is 13.6. The highest BCUT2D eigenvalue weighted by molar-refractivity contribution is 7.92. The summed E-state index contributed by atoms with van der Waals surface area (Å²) in [6, 6.07) is 12.3. The summed E-state index contributed by atoms with van der Waals surface area (Å²) in [6.07, 6.45) is 12.7. The molecule has 7 heteroatoms. The average molecular weight is 512 g/mol. The third kappa shape index (κ3) is 8.47. The number of nitrogens with zero attached hydrogens (tertiary/aromatic N) is 2. The molecular formula is C29H41N3O3S. The number of hydrogen-bond donors (Lipinski definition) is 1. The second-order valence-electron chi connectivity index (χ2n) is 10.1. The summed E-state index contributed by atoms with van der Waals surface area (Å²) in [5.41, 5.74) is 6.98. The van der Waals surface area contributed by atoms with Gasteiger partial charge in [0.25, 0.3) is 15.9 Å². The summed E-state index contributed by atoms with van der Waals surface area (Å²) in [7, 11) is -3.95. The first-order valence-corrected chi connectivity index (χ1v) is 14.7. The molecule has 1 fully saturated rings. The van der Waals surface area contributed by atoms with Gasteiger partial charge in [0.15, 0.2) is 0 Å². The molecule has 1 N–H and O–H groups in total. The fourth-order valence-electron chi connectivity index (χ4n) is 4.69. The zero-order valence-corrected chi connectivity index (χ0v) is 22.9. The molecule has 1 amide bonds. The van der Waals surface area contributed by atoms with Crippen molar-refractivity contribution in [2.75, 3.05) is 10.8 Å². The third-order valence-electron chi connectivity index (χ3n) is 6.66. The molecule has 36 heavy (non-hydrogen) atoms. The van der Waals surface area contributed by atoms with Crippen LogP contribution in [0.2, 0.25) is 0 Å². The summed E-state index contributed by atoms with van der Waals surface area (Å²) < 4.78 is 28.5. The van der Waals surface area contributed by atoms with Crippen molar-refractivity contribution in [3.8, 4) is 0 Å². The van der Waals surface area contributed by atoms with Gasteiger partial charge in [0.2, 0.25) is 0 Å². The van der Waals surface area contributed by atoms with Gasteiger partial charge in [-0.05, 0) is 81.8 Å². The molecule has 1 aliphatic carbocycles. The number of hydrogen-bond acceptors (Lipinski definition) is 4. The molecule has 2 aromatic carbocycles. The summed E-state index contributed by atoms with van der Waals surface area (Å²) in [5.74, 6) is -0.441. The fraction of sp³-hybridized carbons (Fsp3) is 0.517. The van der Waals surface area contributed by atoms with Gasteiger partial charge in [-0.25, -0.2) is 13.8 Å². The number of hydrazone groups is 1. The van der Waals surface area contributed by atoms with E-state index in [9.17, 15) is 13.2 Å². The van der Waals surface area contributed by atoms with Gasteiger partial charge in [-0.3, -0.25) is 9.10 Å². The normalized spacial score (nSPS) is 15.9. The molecule has 0 unspecified atom stereocenters. The van der Waals surface area contributed by atoms with Crippen LogP contribution in [-0.4, -0.2) is 26.6 Å². The van der Waals surface area contributed by atoms with Crippen molar-refractivity contribution in [3.05, 3.63) is 59.2 Å². The number of amides is 1. The lowest BCUT2D eigenvalue weighted by Gasteiger charge is -2.24. The van der Waals surface area contributed by atoms with Gasteiger partial charge in [-0.2, -0.15) is 5.10 Å². The Kier molecular flexibility index (Phi) is 10.5. The van der Waals surface area contributed by atoms with E-state index in [0.717, 1.165) is 48.1 Å². The molecule has 0 saturated heterocycles. The highest BCUT2D eigenvalue weighted by Crippen LogP contribution is 2.26. The predicted octanol–water partition coefficient (Wildman–Crippen LogP) is 6.58. The topological polar surface area (TPSA) is 78.8 Å². The van der Waals surface area contributed by atoms with Crippen LogP contribution in [0, 0.1) is 20.8 Å². The van der Waals surface area contributed by atoms with Crippen molar-refractivity contribution in [1.29, 1.82) is 0 Å². The van der Waals surface area contributed by atoms with Gasteiger partial charge in [0.05, 0.1) is 10.6 Å². The van der Waals surface area contributed by atoms with E-state index in [4.69, 9.17) is 0 Å². The van der Waals surface area contributed by atoms with Crippen molar-refractivity contribution in [2.45, 2.75) is 96.3 Å². The third-order valence-corrected chi connectivity index (χ3v) is 8.45. The molecule has 196 valence electrons. The highest BCUT2D eigenvalue weighted by Gasteiger charge is 2.27. The van der Waals surface area contributed by atoms with Crippen molar-refractivity contribution in [2.24, 2.45) is 5.10 Å². The number of aryl methyl sites for hydroxylation is 3. The largest absolute Gasteiger partial charge is 0.271 e. The molecule has 3 rings (SSSR count). The lowest BCUT2D eigenvalue weighted by atomic mass is 10.00. The summed E-state index contributed by atoms with van der Waals surface area (Å²) in [4.78, 5) is 13.2. The van der Waals surface area contributed by atoms with Crippen LogP contribution in [0.5, 0.6) is 0 Å². The summed E-state index contributed by atoms with van der Waals surface area (Å²) >= 11 is 0. The van der Waals surface area contributed by atoms with Crippen molar-refractivity contribution in [1.82, 2.24) is 5.43 Å². The standard InChI is InChI=1S/C29H41N3O3S/c1-23-15-17-28(18-16-23)36(34,35)32(27-20-24(2)19-25(3)21-27)22-29(33)31-30-26-13-11-9-7-5-4-6-8-10-12-14-26/h15-21H,4-14,22H2,1-3H3,(H,31,33). The molecule has 1 aliphatic rings. The molecule has 1 saturated carbocycles. The molecular weight excluding hydrogens is 470 g/mol. The Balaban J connectivity index is 1.79. The van der Waals surface area contributed by atoms with Gasteiger partial charge >= 0.3 is 0 Å². The molecule has 0 radical (unpaired) electrons. The number of carbonyl (C=O) groups excluding carboxylic acids is 1. The molecule has 6 nitrogen and oxygen atoms in total. The van der Waals surface area contributed by atoms with E-state index in [1.54, 1.807) is 36.4 Å². The minimum Gasteiger partial charge on any atom is -0.271 e. The SMILES string of the molecule is Cc1ccc(S(=O)(=O)N(CC(=O)NN=C2CCCCCCCCCCC2)c2cc(C)cc(C)c2)cc1. The Bertz CT molecular complexity index is 1110. The van der Waals surface area contributed by atoms with E-state index in [0.29, 0.717) is 5.69 Å². The van der Waals surface area contributed by atoms with Crippen LogP contribution < -0.4 is 9.73 Å². The predicted molar refractivity (Wildman–Crippen MR) is 148 cm³/mol. The number of carbonyl (C=O) groups is 1. The first kappa shape index (κ1) is 27.9. The maximum absolute atomic E-state index is 13.6. The van der Waals surface area contributed by atoms with Crippen molar-refractivity contribution < 1.29 is 13.2 Å². The van der Waals surface area contributed by atoms with E-state index >= 15 is 0 Å². The zero-order chi connectivity index (χ0) is 26.0. The number of nitrogens with one attached hydrogen (secondary N) is 1. The quantitative estimate of drug-likeness (QED) is 0.445. The number of sulfonamides is 1. The van der Waals surface area contributed by atoms with Crippen LogP contribution in [0.25, 0.3) is 0 Å². The van der Waals surface area contributed by atoms with Crippen LogP contribution in [0.1, 0.15) is 87.3 Å². The molecule has 0 aromatic heterocycles.